The molecular weight excluding hydrogens is 202 g/mol. The van der Waals surface area contributed by atoms with Gasteiger partial charge >= 0.3 is 0 Å². The predicted octanol–water partition coefficient (Wildman–Crippen LogP) is 2.30. The molecule has 0 spiro atoms. The molecule has 2 aliphatic rings. The lowest BCUT2D eigenvalue weighted by molar-refractivity contribution is -0.0980. The normalized spacial score (nSPS) is 33.6. The maximum atomic E-state index is 8.00. The standard InChI is InChI=1S/C12H23NO.CH2O/c1-9-5-11-6-10(9)7-13(11)8-14-12(2,3)4;1-2/h9-11H,5-8H2,1-4H3;1H2/t9-,10?,11-;/m1./s1. The second-order valence-electron chi connectivity index (χ2n) is 6.02. The van der Waals surface area contributed by atoms with Crippen LogP contribution < -0.4 is 0 Å². The van der Waals surface area contributed by atoms with Crippen LogP contribution in [0.5, 0.6) is 0 Å². The third kappa shape index (κ3) is 3.29. The zero-order valence-electron chi connectivity index (χ0n) is 11.0. The minimum absolute atomic E-state index is 0.00739. The number of hydrogen-bond acceptors (Lipinski definition) is 3. The average molecular weight is 227 g/mol. The van der Waals surface area contributed by atoms with Crippen LogP contribution in [0, 0.1) is 11.8 Å². The molecular formula is C13H25NO2. The molecule has 0 amide bonds. The van der Waals surface area contributed by atoms with Crippen LogP contribution in [0.15, 0.2) is 0 Å². The lowest BCUT2D eigenvalue weighted by Crippen LogP contribution is -2.39. The van der Waals surface area contributed by atoms with Crippen LogP contribution in [-0.2, 0) is 9.53 Å². The highest BCUT2D eigenvalue weighted by molar-refractivity contribution is 5.11. The zero-order valence-corrected chi connectivity index (χ0v) is 11.0. The quantitative estimate of drug-likeness (QED) is 0.725. The average Bonchev–Trinajstić information content (AvgIpc) is 2.75. The van der Waals surface area contributed by atoms with E-state index >= 15 is 0 Å². The summed E-state index contributed by atoms with van der Waals surface area (Å²) in [7, 11) is 0. The molecule has 2 bridgehead atoms. The van der Waals surface area contributed by atoms with Crippen molar-refractivity contribution >= 4 is 6.79 Å². The highest BCUT2D eigenvalue weighted by Gasteiger charge is 2.42. The minimum atomic E-state index is 0.00739. The van der Waals surface area contributed by atoms with Gasteiger partial charge in [0.1, 0.15) is 6.79 Å². The summed E-state index contributed by atoms with van der Waals surface area (Å²) >= 11 is 0. The second-order valence-corrected chi connectivity index (χ2v) is 6.02. The third-order valence-electron chi connectivity index (χ3n) is 3.67. The Morgan fingerprint density at radius 3 is 2.31 bits per heavy atom. The first kappa shape index (κ1) is 13.7. The molecule has 1 saturated carbocycles. The van der Waals surface area contributed by atoms with Gasteiger partial charge in [-0.1, -0.05) is 6.92 Å². The smallest absolute Gasteiger partial charge is 0.106 e. The Hall–Kier alpha value is -0.410. The Kier molecular flexibility index (Phi) is 4.51. The number of rotatable bonds is 2. The van der Waals surface area contributed by atoms with Crippen molar-refractivity contribution in [3.05, 3.63) is 0 Å². The fourth-order valence-corrected chi connectivity index (χ4v) is 2.74. The van der Waals surface area contributed by atoms with Crippen molar-refractivity contribution in [2.45, 2.75) is 52.2 Å². The van der Waals surface area contributed by atoms with E-state index < -0.39 is 0 Å². The largest absolute Gasteiger partial charge is 0.360 e. The molecule has 3 atom stereocenters. The van der Waals surface area contributed by atoms with Crippen molar-refractivity contribution in [3.63, 3.8) is 0 Å². The molecule has 3 heteroatoms. The lowest BCUT2D eigenvalue weighted by atomic mass is 9.97. The number of piperidine rings is 1. The van der Waals surface area contributed by atoms with Crippen LogP contribution in [0.4, 0.5) is 0 Å². The zero-order chi connectivity index (χ0) is 12.3. The summed E-state index contributed by atoms with van der Waals surface area (Å²) in [5.74, 6) is 1.90. The number of carbonyl (C=O) groups is 1. The molecule has 0 N–H and O–H groups in total. The van der Waals surface area contributed by atoms with E-state index in [1.54, 1.807) is 0 Å². The number of carbonyl (C=O) groups excluding carboxylic acids is 1. The van der Waals surface area contributed by atoms with Gasteiger partial charge in [-0.3, -0.25) is 4.90 Å². The SMILES string of the molecule is C=O.C[C@@H]1C[C@@H]2CC1CN2COC(C)(C)C. The van der Waals surface area contributed by atoms with E-state index in [1.165, 1.54) is 19.4 Å². The van der Waals surface area contributed by atoms with Crippen molar-refractivity contribution in [2.75, 3.05) is 13.3 Å². The van der Waals surface area contributed by atoms with Crippen LogP contribution in [0.3, 0.4) is 0 Å². The Bertz CT molecular complexity index is 222. The molecule has 1 heterocycles. The summed E-state index contributed by atoms with van der Waals surface area (Å²) in [6.07, 6.45) is 2.80. The fraction of sp³-hybridized carbons (Fsp3) is 0.923. The highest BCUT2D eigenvalue weighted by atomic mass is 16.5. The van der Waals surface area contributed by atoms with Gasteiger partial charge in [-0.25, -0.2) is 0 Å². The molecule has 1 aliphatic carbocycles. The first-order valence-electron chi connectivity index (χ1n) is 6.12. The van der Waals surface area contributed by atoms with E-state index in [9.17, 15) is 0 Å². The Morgan fingerprint density at radius 1 is 1.31 bits per heavy atom. The summed E-state index contributed by atoms with van der Waals surface area (Å²) in [5, 5.41) is 0. The Balaban J connectivity index is 0.000000606. The van der Waals surface area contributed by atoms with Crippen molar-refractivity contribution in [3.8, 4) is 0 Å². The van der Waals surface area contributed by atoms with E-state index in [0.717, 1.165) is 24.6 Å². The molecule has 0 radical (unpaired) electrons. The summed E-state index contributed by atoms with van der Waals surface area (Å²) in [4.78, 5) is 10.5. The number of nitrogens with zero attached hydrogens (tertiary/aromatic N) is 1. The molecule has 0 aromatic heterocycles. The van der Waals surface area contributed by atoms with Gasteiger partial charge < -0.3 is 9.53 Å². The van der Waals surface area contributed by atoms with Crippen molar-refractivity contribution in [2.24, 2.45) is 11.8 Å². The van der Waals surface area contributed by atoms with E-state index in [1.807, 2.05) is 6.79 Å². The van der Waals surface area contributed by atoms with Gasteiger partial charge in [0.25, 0.3) is 0 Å². The van der Waals surface area contributed by atoms with E-state index in [4.69, 9.17) is 9.53 Å². The van der Waals surface area contributed by atoms with Gasteiger partial charge in [0.15, 0.2) is 0 Å². The molecule has 1 aliphatic heterocycles. The van der Waals surface area contributed by atoms with Crippen LogP contribution in [0.2, 0.25) is 0 Å². The van der Waals surface area contributed by atoms with Gasteiger partial charge in [-0.2, -0.15) is 0 Å². The maximum Gasteiger partial charge on any atom is 0.106 e. The molecule has 2 fully saturated rings. The number of likely N-dealkylation sites (tertiary alicyclic amines) is 1. The van der Waals surface area contributed by atoms with Crippen molar-refractivity contribution < 1.29 is 9.53 Å². The van der Waals surface area contributed by atoms with E-state index in [0.29, 0.717) is 0 Å². The molecule has 3 nitrogen and oxygen atoms in total. The number of ether oxygens (including phenoxy) is 1. The molecule has 0 aromatic carbocycles. The van der Waals surface area contributed by atoms with E-state index in [2.05, 4.69) is 32.6 Å². The van der Waals surface area contributed by atoms with Gasteiger partial charge in [0.2, 0.25) is 0 Å². The number of hydrogen-bond donors (Lipinski definition) is 0. The molecule has 16 heavy (non-hydrogen) atoms. The topological polar surface area (TPSA) is 29.5 Å². The van der Waals surface area contributed by atoms with Gasteiger partial charge in [-0.15, -0.1) is 0 Å². The minimum Gasteiger partial charge on any atom is -0.360 e. The molecule has 2 rings (SSSR count). The monoisotopic (exact) mass is 227 g/mol. The summed E-state index contributed by atoms with van der Waals surface area (Å²) in [6.45, 7) is 12.9. The predicted molar refractivity (Wildman–Crippen MR) is 65.2 cm³/mol. The molecule has 1 unspecified atom stereocenters. The fourth-order valence-electron chi connectivity index (χ4n) is 2.74. The Morgan fingerprint density at radius 2 is 1.94 bits per heavy atom. The first-order valence-corrected chi connectivity index (χ1v) is 6.12. The van der Waals surface area contributed by atoms with E-state index in [-0.39, 0.29) is 5.60 Å². The van der Waals surface area contributed by atoms with Gasteiger partial charge in [0, 0.05) is 12.6 Å². The van der Waals surface area contributed by atoms with Crippen LogP contribution in [-0.4, -0.2) is 36.6 Å². The van der Waals surface area contributed by atoms with Crippen LogP contribution in [0.1, 0.15) is 40.5 Å². The lowest BCUT2D eigenvalue weighted by Gasteiger charge is -2.32. The Labute approximate surface area is 99.1 Å². The summed E-state index contributed by atoms with van der Waals surface area (Å²) in [6, 6.07) is 0.817. The van der Waals surface area contributed by atoms with Crippen molar-refractivity contribution in [1.29, 1.82) is 0 Å². The molecule has 94 valence electrons. The maximum absolute atomic E-state index is 8.00. The second kappa shape index (κ2) is 5.28. The molecule has 0 aromatic rings. The van der Waals surface area contributed by atoms with Gasteiger partial charge in [-0.05, 0) is 45.4 Å². The summed E-state index contributed by atoms with van der Waals surface area (Å²) in [5.41, 5.74) is 0.00739. The van der Waals surface area contributed by atoms with Crippen LogP contribution in [0.25, 0.3) is 0 Å². The van der Waals surface area contributed by atoms with Crippen LogP contribution >= 0.6 is 0 Å². The first-order chi connectivity index (χ1) is 7.46. The number of fused-ring (bicyclic) bond motifs is 2. The van der Waals surface area contributed by atoms with Gasteiger partial charge in [0.05, 0.1) is 12.3 Å². The highest BCUT2D eigenvalue weighted by Crippen LogP contribution is 2.41. The third-order valence-corrected chi connectivity index (χ3v) is 3.67. The van der Waals surface area contributed by atoms with Crippen molar-refractivity contribution in [1.82, 2.24) is 4.90 Å². The summed E-state index contributed by atoms with van der Waals surface area (Å²) < 4.78 is 5.83. The molecule has 1 saturated heterocycles.